The van der Waals surface area contributed by atoms with Gasteiger partial charge in [0, 0.05) is 11.3 Å². The zero-order valence-corrected chi connectivity index (χ0v) is 20.1. The highest BCUT2D eigenvalue weighted by atomic mass is 35.5. The van der Waals surface area contributed by atoms with E-state index in [-0.39, 0.29) is 27.7 Å². The molecule has 0 saturated carbocycles. The Labute approximate surface area is 215 Å². The van der Waals surface area contributed by atoms with E-state index >= 15 is 0 Å². The van der Waals surface area contributed by atoms with Crippen LogP contribution in [-0.4, -0.2) is 26.3 Å². The molecule has 0 aliphatic rings. The SMILES string of the molecule is COc1cccc(-c2ccc(-n3c(Cl)cc4[nH]c(=O)n(-c5cccc(C(F)(F)F)c5F)c(=O)c43)cc2)c1O. The summed E-state index contributed by atoms with van der Waals surface area (Å²) in [7, 11) is 1.42. The van der Waals surface area contributed by atoms with Crippen LogP contribution in [0.1, 0.15) is 5.56 Å². The Hall–Kier alpha value is -4.51. The van der Waals surface area contributed by atoms with Crippen LogP contribution in [0, 0.1) is 5.82 Å². The first-order valence-electron chi connectivity index (χ1n) is 10.9. The number of hydrogen-bond donors (Lipinski definition) is 2. The Bertz CT molecular complexity index is 1820. The monoisotopic (exact) mass is 545 g/mol. The van der Waals surface area contributed by atoms with Crippen molar-refractivity contribution in [1.82, 2.24) is 14.1 Å². The lowest BCUT2D eigenvalue weighted by atomic mass is 10.0. The van der Waals surface area contributed by atoms with Crippen LogP contribution >= 0.6 is 11.6 Å². The third-order valence-corrected chi connectivity index (χ3v) is 6.26. The normalized spacial score (nSPS) is 11.7. The summed E-state index contributed by atoms with van der Waals surface area (Å²) in [6.07, 6.45) is -5.04. The number of alkyl halides is 3. The van der Waals surface area contributed by atoms with Crippen molar-refractivity contribution in [2.24, 2.45) is 0 Å². The Morgan fingerprint density at radius 3 is 2.32 bits per heavy atom. The van der Waals surface area contributed by atoms with Crippen LogP contribution in [0.25, 0.3) is 33.5 Å². The third-order valence-electron chi connectivity index (χ3n) is 5.99. The summed E-state index contributed by atoms with van der Waals surface area (Å²) in [6, 6.07) is 15.0. The second kappa shape index (κ2) is 9.10. The summed E-state index contributed by atoms with van der Waals surface area (Å²) < 4.78 is 61.3. The maximum Gasteiger partial charge on any atom is 0.419 e. The fourth-order valence-electron chi connectivity index (χ4n) is 4.25. The molecule has 194 valence electrons. The number of phenols is 1. The number of H-pyrrole nitrogens is 1. The van der Waals surface area contributed by atoms with Crippen LogP contribution in [0.4, 0.5) is 17.6 Å². The number of phenolic OH excluding ortho intramolecular Hbond substituents is 1. The molecule has 0 spiro atoms. The van der Waals surface area contributed by atoms with Gasteiger partial charge < -0.3 is 14.8 Å². The predicted octanol–water partition coefficient (Wildman–Crippen LogP) is 5.66. The van der Waals surface area contributed by atoms with Gasteiger partial charge in [-0.15, -0.1) is 0 Å². The Balaban J connectivity index is 1.69. The van der Waals surface area contributed by atoms with Gasteiger partial charge in [-0.25, -0.2) is 13.8 Å². The van der Waals surface area contributed by atoms with Gasteiger partial charge in [-0.05, 0) is 42.0 Å². The topological polar surface area (TPSA) is 89.2 Å². The zero-order chi connectivity index (χ0) is 27.4. The van der Waals surface area contributed by atoms with Gasteiger partial charge in [-0.3, -0.25) is 9.36 Å². The van der Waals surface area contributed by atoms with Gasteiger partial charge in [-0.1, -0.05) is 41.9 Å². The fraction of sp³-hybridized carbons (Fsp3) is 0.0769. The maximum absolute atomic E-state index is 14.8. The van der Waals surface area contributed by atoms with Crippen LogP contribution < -0.4 is 16.0 Å². The van der Waals surface area contributed by atoms with Gasteiger partial charge >= 0.3 is 11.9 Å². The summed E-state index contributed by atoms with van der Waals surface area (Å²) in [4.78, 5) is 28.5. The lowest BCUT2D eigenvalue weighted by Gasteiger charge is -2.13. The number of halogens is 5. The van der Waals surface area contributed by atoms with Crippen LogP contribution in [-0.2, 0) is 6.18 Å². The molecule has 2 aromatic heterocycles. The van der Waals surface area contributed by atoms with Crippen molar-refractivity contribution >= 4 is 22.6 Å². The van der Waals surface area contributed by atoms with E-state index in [0.29, 0.717) is 27.4 Å². The third kappa shape index (κ3) is 4.01. The Kier molecular flexibility index (Phi) is 6.03. The molecular weight excluding hydrogens is 530 g/mol. The zero-order valence-electron chi connectivity index (χ0n) is 19.3. The van der Waals surface area contributed by atoms with Crippen LogP contribution in [0.5, 0.6) is 11.5 Å². The van der Waals surface area contributed by atoms with E-state index in [0.717, 1.165) is 12.1 Å². The second-order valence-electron chi connectivity index (χ2n) is 8.18. The number of aromatic nitrogens is 3. The molecule has 0 fully saturated rings. The average molecular weight is 546 g/mol. The van der Waals surface area contributed by atoms with Crippen molar-refractivity contribution in [3.05, 3.63) is 104 Å². The van der Waals surface area contributed by atoms with E-state index in [9.17, 15) is 32.3 Å². The van der Waals surface area contributed by atoms with E-state index in [1.54, 1.807) is 42.5 Å². The molecule has 5 aromatic rings. The number of fused-ring (bicyclic) bond motifs is 1. The summed E-state index contributed by atoms with van der Waals surface area (Å²) in [5.74, 6) is -1.56. The van der Waals surface area contributed by atoms with Crippen molar-refractivity contribution in [1.29, 1.82) is 0 Å². The number of benzene rings is 3. The van der Waals surface area contributed by atoms with Crippen LogP contribution in [0.15, 0.2) is 76.3 Å². The molecule has 0 saturated heterocycles. The number of nitrogens with one attached hydrogen (secondary N) is 1. The minimum Gasteiger partial charge on any atom is -0.504 e. The summed E-state index contributed by atoms with van der Waals surface area (Å²) in [6.45, 7) is 0. The fourth-order valence-corrected chi connectivity index (χ4v) is 4.54. The molecule has 2 heterocycles. The first-order valence-corrected chi connectivity index (χ1v) is 11.3. The lowest BCUT2D eigenvalue weighted by Crippen LogP contribution is -2.35. The number of aromatic hydroxyl groups is 1. The highest BCUT2D eigenvalue weighted by Crippen LogP contribution is 2.37. The minimum absolute atomic E-state index is 0.00292. The van der Waals surface area contributed by atoms with E-state index < -0.39 is 34.5 Å². The highest BCUT2D eigenvalue weighted by Gasteiger charge is 2.35. The lowest BCUT2D eigenvalue weighted by molar-refractivity contribution is -0.140. The second-order valence-corrected chi connectivity index (χ2v) is 8.56. The molecule has 5 rings (SSSR count). The van der Waals surface area contributed by atoms with Gasteiger partial charge in [0.25, 0.3) is 5.56 Å². The van der Waals surface area contributed by atoms with E-state index in [1.807, 2.05) is 0 Å². The molecule has 7 nitrogen and oxygen atoms in total. The molecule has 0 atom stereocenters. The van der Waals surface area contributed by atoms with E-state index in [2.05, 4.69) is 4.98 Å². The quantitative estimate of drug-likeness (QED) is 0.285. The van der Waals surface area contributed by atoms with Gasteiger partial charge in [0.1, 0.15) is 10.7 Å². The molecule has 0 aliphatic carbocycles. The number of aromatic amines is 1. The van der Waals surface area contributed by atoms with E-state index in [1.165, 1.54) is 17.7 Å². The largest absolute Gasteiger partial charge is 0.504 e. The van der Waals surface area contributed by atoms with Gasteiger partial charge in [-0.2, -0.15) is 13.2 Å². The van der Waals surface area contributed by atoms with Crippen molar-refractivity contribution in [2.75, 3.05) is 7.11 Å². The summed E-state index contributed by atoms with van der Waals surface area (Å²) >= 11 is 6.38. The number of nitrogens with zero attached hydrogens (tertiary/aromatic N) is 2. The van der Waals surface area contributed by atoms with Crippen molar-refractivity contribution < 1.29 is 27.4 Å². The average Bonchev–Trinajstić information content (AvgIpc) is 3.20. The van der Waals surface area contributed by atoms with Gasteiger partial charge in [0.2, 0.25) is 0 Å². The first-order chi connectivity index (χ1) is 18.0. The molecule has 0 bridgehead atoms. The number of hydrogen-bond acceptors (Lipinski definition) is 4. The molecule has 0 aliphatic heterocycles. The molecule has 2 N–H and O–H groups in total. The molecule has 3 aromatic carbocycles. The summed E-state index contributed by atoms with van der Waals surface area (Å²) in [5.41, 5.74) is -3.45. The van der Waals surface area contributed by atoms with Gasteiger partial charge in [0.15, 0.2) is 17.3 Å². The van der Waals surface area contributed by atoms with E-state index in [4.69, 9.17) is 16.3 Å². The standard InChI is InChI=1S/C26H16ClF4N3O4/c1-38-19-7-2-4-15(23(19)35)13-8-10-14(11-9-13)33-20(27)12-17-22(33)24(36)34(25(37)32-17)18-6-3-5-16(21(18)28)26(29,30)31/h2-12,35H,1H3,(H,32,37). The Morgan fingerprint density at radius 2 is 1.66 bits per heavy atom. The van der Waals surface area contributed by atoms with Gasteiger partial charge in [0.05, 0.1) is 23.9 Å². The summed E-state index contributed by atoms with van der Waals surface area (Å²) in [5, 5.41) is 10.5. The molecule has 0 radical (unpaired) electrons. The van der Waals surface area contributed by atoms with Crippen LogP contribution in [0.2, 0.25) is 5.15 Å². The molecule has 0 unspecified atom stereocenters. The minimum atomic E-state index is -5.04. The Morgan fingerprint density at radius 1 is 0.974 bits per heavy atom. The predicted molar refractivity (Wildman–Crippen MR) is 133 cm³/mol. The number of ether oxygens (including phenoxy) is 1. The number of methoxy groups -OCH3 is 1. The number of rotatable bonds is 4. The first kappa shape index (κ1) is 25.2. The number of para-hydroxylation sites is 1. The van der Waals surface area contributed by atoms with Crippen LogP contribution in [0.3, 0.4) is 0 Å². The smallest absolute Gasteiger partial charge is 0.419 e. The van der Waals surface area contributed by atoms with Crippen molar-refractivity contribution in [3.63, 3.8) is 0 Å². The molecular formula is C26H16ClF4N3O4. The highest BCUT2D eigenvalue weighted by molar-refractivity contribution is 6.31. The molecule has 38 heavy (non-hydrogen) atoms. The molecule has 0 amide bonds. The van der Waals surface area contributed by atoms with Crippen molar-refractivity contribution in [2.45, 2.75) is 6.18 Å². The van der Waals surface area contributed by atoms with Crippen molar-refractivity contribution in [3.8, 4) is 34.0 Å². The molecule has 12 heteroatoms. The maximum atomic E-state index is 14.8.